The second-order valence-corrected chi connectivity index (χ2v) is 13.1. The smallest absolute Gasteiger partial charge is 0.406 e. The molecule has 47 heavy (non-hydrogen) atoms. The number of anilines is 2. The minimum Gasteiger partial charge on any atom is -0.406 e. The summed E-state index contributed by atoms with van der Waals surface area (Å²) < 4.78 is 42.8. The summed E-state index contributed by atoms with van der Waals surface area (Å²) in [6.45, 7) is 10.0. The van der Waals surface area contributed by atoms with Crippen molar-refractivity contribution in [3.8, 4) is 11.4 Å². The first-order valence-electron chi connectivity index (χ1n) is 15.7. The second kappa shape index (κ2) is 14.0. The molecule has 1 fully saturated rings. The van der Waals surface area contributed by atoms with Crippen molar-refractivity contribution in [1.29, 1.82) is 0 Å². The number of ether oxygens (including phenoxy) is 1. The van der Waals surface area contributed by atoms with E-state index in [4.69, 9.17) is 5.10 Å². The lowest BCUT2D eigenvalue weighted by atomic mass is 9.90. The molecule has 0 spiro atoms. The molecular weight excluding hydrogens is 607 g/mol. The number of hydrogen-bond donors (Lipinski definition) is 2. The fourth-order valence-electron chi connectivity index (χ4n) is 5.54. The summed E-state index contributed by atoms with van der Waals surface area (Å²) >= 11 is 0. The Labute approximate surface area is 272 Å². The molecule has 1 aliphatic rings. The summed E-state index contributed by atoms with van der Waals surface area (Å²) in [5, 5.41) is 10.7. The Morgan fingerprint density at radius 2 is 1.53 bits per heavy atom. The van der Waals surface area contributed by atoms with Gasteiger partial charge in [0.1, 0.15) is 11.6 Å². The summed E-state index contributed by atoms with van der Waals surface area (Å²) in [7, 11) is 0. The number of Topliss-reactive ketones (excluding diaryl/α,β-unsaturated/α-hetero) is 1. The van der Waals surface area contributed by atoms with Gasteiger partial charge in [-0.1, -0.05) is 50.6 Å². The number of nitrogens with zero attached hydrogens (tertiary/aromatic N) is 3. The van der Waals surface area contributed by atoms with Gasteiger partial charge in [-0.25, -0.2) is 9.48 Å². The fraction of sp³-hybridized carbons (Fsp3) is 0.361. The van der Waals surface area contributed by atoms with E-state index in [9.17, 15) is 22.8 Å². The average molecular weight is 648 g/mol. The Morgan fingerprint density at radius 3 is 2.13 bits per heavy atom. The average Bonchev–Trinajstić information content (AvgIpc) is 3.43. The highest BCUT2D eigenvalue weighted by atomic mass is 19.4. The van der Waals surface area contributed by atoms with Gasteiger partial charge in [-0.3, -0.25) is 15.0 Å². The van der Waals surface area contributed by atoms with Gasteiger partial charge in [-0.05, 0) is 99.3 Å². The van der Waals surface area contributed by atoms with E-state index >= 15 is 0 Å². The number of aryl methyl sites for hydroxylation is 1. The van der Waals surface area contributed by atoms with Crippen LogP contribution < -0.4 is 15.4 Å². The highest BCUT2D eigenvalue weighted by molar-refractivity contribution is 5.99. The SMILES string of the molecule is Cc1ccc(-n2nc(C(C)(C)C)cc2NC(=O)Nc2ccc(CC3CCN(CC(=O)c4ccc(OC(F)(F)F)cc4)CC3)cc2)cc1. The quantitative estimate of drug-likeness (QED) is 0.179. The van der Waals surface area contributed by atoms with E-state index in [1.165, 1.54) is 17.7 Å². The molecule has 4 aromatic rings. The Morgan fingerprint density at radius 1 is 0.894 bits per heavy atom. The number of piperidine rings is 1. The molecule has 0 unspecified atom stereocenters. The molecule has 0 aliphatic carbocycles. The first-order chi connectivity index (χ1) is 22.2. The van der Waals surface area contributed by atoms with Crippen molar-refractivity contribution in [3.63, 3.8) is 0 Å². The molecule has 5 rings (SSSR count). The van der Waals surface area contributed by atoms with Crippen molar-refractivity contribution < 1.29 is 27.5 Å². The van der Waals surface area contributed by atoms with Crippen LogP contribution in [0.5, 0.6) is 5.75 Å². The third kappa shape index (κ3) is 9.45. The Kier molecular flexibility index (Phi) is 10.0. The molecule has 11 heteroatoms. The molecule has 1 aliphatic heterocycles. The number of aromatic nitrogens is 2. The molecule has 0 atom stereocenters. The first kappa shape index (κ1) is 33.7. The number of carbonyl (C=O) groups excluding carboxylic acids is 2. The van der Waals surface area contributed by atoms with Crippen molar-refractivity contribution in [1.82, 2.24) is 14.7 Å². The standard InChI is InChI=1S/C36H40F3N5O3/c1-24-5-13-29(14-6-24)44-33(22-32(42-44)35(2,3)4)41-34(46)40-28-11-7-25(8-12-28)21-26-17-19-43(20-18-26)23-31(45)27-9-15-30(16-10-27)47-36(37,38)39/h5-16,22,26H,17-21,23H2,1-4H3,(H2,40,41,46). The number of urea groups is 1. The van der Waals surface area contributed by atoms with E-state index in [0.29, 0.717) is 23.0 Å². The van der Waals surface area contributed by atoms with Gasteiger partial charge in [0.25, 0.3) is 0 Å². The van der Waals surface area contributed by atoms with Crippen molar-refractivity contribution >= 4 is 23.3 Å². The van der Waals surface area contributed by atoms with E-state index in [2.05, 4.69) is 41.0 Å². The third-order valence-electron chi connectivity index (χ3n) is 8.22. The van der Waals surface area contributed by atoms with E-state index in [0.717, 1.165) is 61.4 Å². The first-order valence-corrected chi connectivity index (χ1v) is 15.7. The van der Waals surface area contributed by atoms with Crippen LogP contribution >= 0.6 is 0 Å². The highest BCUT2D eigenvalue weighted by Crippen LogP contribution is 2.28. The van der Waals surface area contributed by atoms with Gasteiger partial charge in [0, 0.05) is 22.7 Å². The van der Waals surface area contributed by atoms with Gasteiger partial charge < -0.3 is 10.1 Å². The molecule has 0 radical (unpaired) electrons. The van der Waals surface area contributed by atoms with Crippen LogP contribution in [0, 0.1) is 12.8 Å². The largest absolute Gasteiger partial charge is 0.573 e. The monoisotopic (exact) mass is 647 g/mol. The summed E-state index contributed by atoms with van der Waals surface area (Å²) in [5.41, 5.74) is 4.86. The van der Waals surface area contributed by atoms with Crippen molar-refractivity contribution in [2.75, 3.05) is 30.3 Å². The number of likely N-dealkylation sites (tertiary alicyclic amines) is 1. The maximum absolute atomic E-state index is 13.0. The van der Waals surface area contributed by atoms with E-state index < -0.39 is 6.36 Å². The molecule has 2 heterocycles. The van der Waals surface area contributed by atoms with Gasteiger partial charge in [0.2, 0.25) is 0 Å². The normalized spacial score (nSPS) is 14.5. The van der Waals surface area contributed by atoms with Crippen LogP contribution in [0.1, 0.15) is 60.8 Å². The molecule has 0 saturated carbocycles. The fourth-order valence-corrected chi connectivity index (χ4v) is 5.54. The van der Waals surface area contributed by atoms with E-state index in [-0.39, 0.29) is 29.5 Å². The molecule has 2 N–H and O–H groups in total. The van der Waals surface area contributed by atoms with Gasteiger partial charge >= 0.3 is 12.4 Å². The van der Waals surface area contributed by atoms with Crippen molar-refractivity contribution in [2.24, 2.45) is 5.92 Å². The molecule has 2 amide bonds. The van der Waals surface area contributed by atoms with E-state index in [1.807, 2.05) is 61.5 Å². The van der Waals surface area contributed by atoms with E-state index in [1.54, 1.807) is 4.68 Å². The maximum atomic E-state index is 13.0. The Hall–Kier alpha value is -4.64. The van der Waals surface area contributed by atoms with Crippen LogP contribution in [-0.2, 0) is 11.8 Å². The number of benzene rings is 3. The molecule has 1 aromatic heterocycles. The topological polar surface area (TPSA) is 88.5 Å². The van der Waals surface area contributed by atoms with Crippen molar-refractivity contribution in [3.05, 3.63) is 101 Å². The van der Waals surface area contributed by atoms with Gasteiger partial charge in [-0.2, -0.15) is 5.10 Å². The minimum atomic E-state index is -4.77. The molecule has 248 valence electrons. The summed E-state index contributed by atoms with van der Waals surface area (Å²) in [6.07, 6.45) is -2.02. The summed E-state index contributed by atoms with van der Waals surface area (Å²) in [6, 6.07) is 22.4. The van der Waals surface area contributed by atoms with Gasteiger partial charge in [-0.15, -0.1) is 13.2 Å². The lowest BCUT2D eigenvalue weighted by Gasteiger charge is -2.31. The third-order valence-corrected chi connectivity index (χ3v) is 8.22. The lowest BCUT2D eigenvalue weighted by Crippen LogP contribution is -2.37. The number of ketones is 1. The number of nitrogens with one attached hydrogen (secondary N) is 2. The van der Waals surface area contributed by atoms with Gasteiger partial charge in [0.05, 0.1) is 17.9 Å². The van der Waals surface area contributed by atoms with Crippen LogP contribution in [-0.4, -0.2) is 52.5 Å². The number of rotatable bonds is 9. The zero-order valence-electron chi connectivity index (χ0n) is 27.0. The van der Waals surface area contributed by atoms with Crippen LogP contribution in [0.4, 0.5) is 29.5 Å². The molecule has 8 nitrogen and oxygen atoms in total. The van der Waals surface area contributed by atoms with Gasteiger partial charge in [0.15, 0.2) is 5.78 Å². The number of halogens is 3. The number of hydrogen-bond acceptors (Lipinski definition) is 5. The molecular formula is C36H40F3N5O3. The molecule has 3 aromatic carbocycles. The Balaban J connectivity index is 1.10. The minimum absolute atomic E-state index is 0.136. The predicted molar refractivity (Wildman–Crippen MR) is 176 cm³/mol. The lowest BCUT2D eigenvalue weighted by molar-refractivity contribution is -0.274. The summed E-state index contributed by atoms with van der Waals surface area (Å²) in [4.78, 5) is 27.8. The maximum Gasteiger partial charge on any atom is 0.573 e. The molecule has 1 saturated heterocycles. The number of amides is 2. The predicted octanol–water partition coefficient (Wildman–Crippen LogP) is 8.16. The van der Waals surface area contributed by atoms with Crippen LogP contribution in [0.15, 0.2) is 78.9 Å². The molecule has 0 bridgehead atoms. The van der Waals surface area contributed by atoms with Crippen LogP contribution in [0.2, 0.25) is 0 Å². The van der Waals surface area contributed by atoms with Crippen LogP contribution in [0.25, 0.3) is 5.69 Å². The summed E-state index contributed by atoms with van der Waals surface area (Å²) in [5.74, 6) is 0.554. The van der Waals surface area contributed by atoms with Crippen molar-refractivity contribution in [2.45, 2.75) is 58.7 Å². The zero-order chi connectivity index (χ0) is 33.8. The number of alkyl halides is 3. The number of carbonyl (C=O) groups is 2. The Bertz CT molecular complexity index is 1670. The second-order valence-electron chi connectivity index (χ2n) is 13.1. The highest BCUT2D eigenvalue weighted by Gasteiger charge is 2.31. The zero-order valence-corrected chi connectivity index (χ0v) is 27.0. The van der Waals surface area contributed by atoms with Crippen LogP contribution in [0.3, 0.4) is 0 Å².